The standard InChI is InChI=1S/C25H37F3N4O4/c1-34-14-7-24(6-3-19(16-24)30-20-5-13-36-17-21(20)35-2)23(33)32-11-9-31(10-12-32)22-15-18(4-8-29-22)25(26,27)28/h4,8,15,19-21,30H,3,5-7,9-14,16-17H2,1-2H3/t19-,20-,21?,24-/m1/s1. The zero-order chi connectivity index (χ0) is 25.8. The van der Waals surface area contributed by atoms with Crippen LogP contribution >= 0.6 is 0 Å². The second kappa shape index (κ2) is 11.6. The summed E-state index contributed by atoms with van der Waals surface area (Å²) in [7, 11) is 3.35. The Bertz CT molecular complexity index is 881. The fourth-order valence-corrected chi connectivity index (χ4v) is 5.77. The van der Waals surface area contributed by atoms with Crippen LogP contribution in [0.25, 0.3) is 0 Å². The minimum absolute atomic E-state index is 0.000891. The number of pyridine rings is 1. The van der Waals surface area contributed by atoms with Gasteiger partial charge in [0, 0.05) is 71.9 Å². The zero-order valence-electron chi connectivity index (χ0n) is 21.1. The van der Waals surface area contributed by atoms with Gasteiger partial charge in [-0.3, -0.25) is 4.79 Å². The van der Waals surface area contributed by atoms with Gasteiger partial charge in [-0.1, -0.05) is 0 Å². The van der Waals surface area contributed by atoms with Crippen molar-refractivity contribution in [2.45, 2.75) is 56.5 Å². The quantitative estimate of drug-likeness (QED) is 0.572. The van der Waals surface area contributed by atoms with Gasteiger partial charge in [-0.25, -0.2) is 4.98 Å². The summed E-state index contributed by atoms with van der Waals surface area (Å²) in [5.74, 6) is 0.413. The molecule has 11 heteroatoms. The Morgan fingerprint density at radius 3 is 2.72 bits per heavy atom. The highest BCUT2D eigenvalue weighted by atomic mass is 19.4. The highest BCUT2D eigenvalue weighted by molar-refractivity contribution is 5.83. The monoisotopic (exact) mass is 514 g/mol. The van der Waals surface area contributed by atoms with Crippen LogP contribution in [0.3, 0.4) is 0 Å². The van der Waals surface area contributed by atoms with Gasteiger partial charge in [0.1, 0.15) is 5.82 Å². The molecule has 3 heterocycles. The molecule has 0 bridgehead atoms. The molecule has 0 radical (unpaired) electrons. The van der Waals surface area contributed by atoms with E-state index in [1.165, 1.54) is 6.20 Å². The van der Waals surface area contributed by atoms with Crippen molar-refractivity contribution in [2.75, 3.05) is 65.1 Å². The molecule has 1 N–H and O–H groups in total. The Balaban J connectivity index is 1.38. The number of anilines is 1. The highest BCUT2D eigenvalue weighted by Gasteiger charge is 2.48. The van der Waals surface area contributed by atoms with Crippen molar-refractivity contribution >= 4 is 11.7 Å². The van der Waals surface area contributed by atoms with Gasteiger partial charge in [-0.2, -0.15) is 13.2 Å². The van der Waals surface area contributed by atoms with Crippen LogP contribution in [0.15, 0.2) is 18.3 Å². The number of halogens is 3. The molecule has 1 aliphatic carbocycles. The maximum Gasteiger partial charge on any atom is 0.416 e. The SMILES string of the molecule is COCC[C@]1(C(=O)N2CCN(c3cc(C(F)(F)F)ccn3)CC2)CC[C@@H](N[C@@H]2CCOCC2OC)C1. The molecule has 0 aromatic carbocycles. The maximum atomic E-state index is 13.8. The minimum Gasteiger partial charge on any atom is -0.385 e. The summed E-state index contributed by atoms with van der Waals surface area (Å²) in [6.45, 7) is 3.57. The maximum absolute atomic E-state index is 13.8. The average molecular weight is 515 g/mol. The molecule has 8 nitrogen and oxygen atoms in total. The molecule has 1 amide bonds. The minimum atomic E-state index is -4.41. The average Bonchev–Trinajstić information content (AvgIpc) is 3.31. The van der Waals surface area contributed by atoms with E-state index in [0.29, 0.717) is 58.2 Å². The fourth-order valence-electron chi connectivity index (χ4n) is 5.77. The van der Waals surface area contributed by atoms with Crippen LogP contribution in [-0.4, -0.2) is 94.2 Å². The number of nitrogens with one attached hydrogen (secondary N) is 1. The lowest BCUT2D eigenvalue weighted by Gasteiger charge is -2.40. The molecule has 1 unspecified atom stereocenters. The number of alkyl halides is 3. The zero-order valence-corrected chi connectivity index (χ0v) is 21.1. The molecule has 4 rings (SSSR count). The Morgan fingerprint density at radius 1 is 1.25 bits per heavy atom. The first-order chi connectivity index (χ1) is 17.3. The van der Waals surface area contributed by atoms with Crippen molar-refractivity contribution < 1.29 is 32.2 Å². The summed E-state index contributed by atoms with van der Waals surface area (Å²) in [6, 6.07) is 2.46. The molecule has 3 aliphatic rings. The molecular formula is C25H37F3N4O4. The summed E-state index contributed by atoms with van der Waals surface area (Å²) in [4.78, 5) is 21.7. The van der Waals surface area contributed by atoms with E-state index in [9.17, 15) is 18.0 Å². The van der Waals surface area contributed by atoms with E-state index in [1.807, 2.05) is 9.80 Å². The lowest BCUT2D eigenvalue weighted by molar-refractivity contribution is -0.143. The molecule has 4 atom stereocenters. The van der Waals surface area contributed by atoms with E-state index in [1.54, 1.807) is 14.2 Å². The third-order valence-corrected chi connectivity index (χ3v) is 7.87. The van der Waals surface area contributed by atoms with Gasteiger partial charge in [-0.15, -0.1) is 0 Å². The summed E-state index contributed by atoms with van der Waals surface area (Å²) >= 11 is 0. The van der Waals surface area contributed by atoms with Gasteiger partial charge in [0.25, 0.3) is 0 Å². The van der Waals surface area contributed by atoms with Crippen molar-refractivity contribution in [1.82, 2.24) is 15.2 Å². The molecule has 2 saturated heterocycles. The number of amides is 1. The first kappa shape index (κ1) is 27.1. The molecule has 0 spiro atoms. The summed E-state index contributed by atoms with van der Waals surface area (Å²) in [5.41, 5.74) is -1.22. The molecule has 1 aromatic heterocycles. The van der Waals surface area contributed by atoms with Gasteiger partial charge in [0.2, 0.25) is 5.91 Å². The largest absolute Gasteiger partial charge is 0.416 e. The lowest BCUT2D eigenvalue weighted by atomic mass is 9.80. The third kappa shape index (κ3) is 6.12. The van der Waals surface area contributed by atoms with Crippen LogP contribution in [-0.2, 0) is 25.2 Å². The van der Waals surface area contributed by atoms with E-state index < -0.39 is 17.2 Å². The number of nitrogens with zero attached hydrogens (tertiary/aromatic N) is 3. The third-order valence-electron chi connectivity index (χ3n) is 7.87. The summed E-state index contributed by atoms with van der Waals surface area (Å²) in [5, 5.41) is 3.73. The van der Waals surface area contributed by atoms with Crippen molar-refractivity contribution in [1.29, 1.82) is 0 Å². The number of rotatable bonds is 8. The number of aromatic nitrogens is 1. The predicted molar refractivity (Wildman–Crippen MR) is 128 cm³/mol. The van der Waals surface area contributed by atoms with Crippen LogP contribution in [0.5, 0.6) is 0 Å². The Labute approximate surface area is 210 Å². The van der Waals surface area contributed by atoms with Gasteiger partial charge < -0.3 is 29.3 Å². The Morgan fingerprint density at radius 2 is 2.03 bits per heavy atom. The van der Waals surface area contributed by atoms with Crippen LogP contribution in [0.4, 0.5) is 19.0 Å². The number of carbonyl (C=O) groups excluding carboxylic acids is 1. The second-order valence-corrected chi connectivity index (χ2v) is 10.1. The van der Waals surface area contributed by atoms with Crippen LogP contribution in [0, 0.1) is 5.41 Å². The van der Waals surface area contributed by atoms with Gasteiger partial charge in [0.05, 0.1) is 23.7 Å². The Hall–Kier alpha value is -1.95. The normalized spacial score (nSPS) is 29.5. The number of ether oxygens (including phenoxy) is 3. The van der Waals surface area contributed by atoms with Crippen molar-refractivity contribution in [3.05, 3.63) is 23.9 Å². The van der Waals surface area contributed by atoms with Crippen LogP contribution in [0.1, 0.15) is 37.7 Å². The molecular weight excluding hydrogens is 477 g/mol. The van der Waals surface area contributed by atoms with Crippen LogP contribution in [0.2, 0.25) is 0 Å². The van der Waals surface area contributed by atoms with E-state index in [4.69, 9.17) is 14.2 Å². The fraction of sp³-hybridized carbons (Fsp3) is 0.760. The lowest BCUT2D eigenvalue weighted by Crippen LogP contribution is -2.54. The predicted octanol–water partition coefficient (Wildman–Crippen LogP) is 2.72. The molecule has 1 saturated carbocycles. The first-order valence-electron chi connectivity index (χ1n) is 12.7. The van der Waals surface area contributed by atoms with E-state index >= 15 is 0 Å². The highest BCUT2D eigenvalue weighted by Crippen LogP contribution is 2.43. The molecule has 202 valence electrons. The summed E-state index contributed by atoms with van der Waals surface area (Å²) in [6.07, 6.45) is 0.717. The molecule has 36 heavy (non-hydrogen) atoms. The van der Waals surface area contributed by atoms with Gasteiger partial charge in [-0.05, 0) is 44.2 Å². The van der Waals surface area contributed by atoms with E-state index in [2.05, 4.69) is 10.3 Å². The van der Waals surface area contributed by atoms with Gasteiger partial charge >= 0.3 is 6.18 Å². The van der Waals surface area contributed by atoms with Crippen molar-refractivity contribution in [3.63, 3.8) is 0 Å². The van der Waals surface area contributed by atoms with Crippen LogP contribution < -0.4 is 10.2 Å². The summed E-state index contributed by atoms with van der Waals surface area (Å²) < 4.78 is 55.8. The van der Waals surface area contributed by atoms with E-state index in [-0.39, 0.29) is 24.1 Å². The molecule has 2 aliphatic heterocycles. The number of carbonyl (C=O) groups is 1. The van der Waals surface area contributed by atoms with E-state index in [0.717, 1.165) is 37.8 Å². The smallest absolute Gasteiger partial charge is 0.385 e. The van der Waals surface area contributed by atoms with Crippen molar-refractivity contribution in [2.24, 2.45) is 5.41 Å². The number of hydrogen-bond acceptors (Lipinski definition) is 7. The first-order valence-corrected chi connectivity index (χ1v) is 12.7. The second-order valence-electron chi connectivity index (χ2n) is 10.1. The number of piperazine rings is 1. The molecule has 1 aromatic rings. The molecule has 3 fully saturated rings. The van der Waals surface area contributed by atoms with Gasteiger partial charge in [0.15, 0.2) is 0 Å². The Kier molecular flexibility index (Phi) is 8.75. The van der Waals surface area contributed by atoms with Crippen molar-refractivity contribution in [3.8, 4) is 0 Å². The number of hydrogen-bond donors (Lipinski definition) is 1. The topological polar surface area (TPSA) is 76.2 Å². The number of methoxy groups -OCH3 is 2.